The molecule has 0 rings (SSSR count). The van der Waals surface area contributed by atoms with Gasteiger partial charge in [-0.05, 0) is 39.3 Å². The first-order valence-corrected chi connectivity index (χ1v) is 6.39. The van der Waals surface area contributed by atoms with E-state index in [1.165, 1.54) is 0 Å². The van der Waals surface area contributed by atoms with Gasteiger partial charge in [-0.3, -0.25) is 4.79 Å². The SMILES string of the molecule is CC(C)N(C)CCCNC(=O)[C@@H](N)C(C)(C)C. The minimum absolute atomic E-state index is 0.0512. The van der Waals surface area contributed by atoms with E-state index < -0.39 is 6.04 Å². The van der Waals surface area contributed by atoms with Crippen molar-refractivity contribution in [3.05, 3.63) is 0 Å². The Morgan fingerprint density at radius 1 is 1.35 bits per heavy atom. The number of carbonyl (C=O) groups excluding carboxylic acids is 1. The van der Waals surface area contributed by atoms with Crippen LogP contribution in [0.2, 0.25) is 0 Å². The molecule has 0 saturated carbocycles. The van der Waals surface area contributed by atoms with Crippen molar-refractivity contribution in [1.29, 1.82) is 0 Å². The van der Waals surface area contributed by atoms with Gasteiger partial charge in [0, 0.05) is 12.6 Å². The van der Waals surface area contributed by atoms with Gasteiger partial charge < -0.3 is 16.0 Å². The molecule has 0 aliphatic heterocycles. The zero-order chi connectivity index (χ0) is 13.6. The first-order chi connectivity index (χ1) is 7.66. The van der Waals surface area contributed by atoms with E-state index in [4.69, 9.17) is 5.73 Å². The summed E-state index contributed by atoms with van der Waals surface area (Å²) in [6.45, 7) is 11.9. The van der Waals surface area contributed by atoms with Gasteiger partial charge in [0.2, 0.25) is 5.91 Å². The normalized spacial score (nSPS) is 14.2. The standard InChI is InChI=1S/C13H29N3O/c1-10(2)16(6)9-7-8-15-12(17)11(14)13(3,4)5/h10-11H,7-9,14H2,1-6H3,(H,15,17)/t11-/m1/s1. The van der Waals surface area contributed by atoms with E-state index in [0.29, 0.717) is 12.6 Å². The molecular formula is C13H29N3O. The molecule has 17 heavy (non-hydrogen) atoms. The van der Waals surface area contributed by atoms with E-state index >= 15 is 0 Å². The second-order valence-corrected chi connectivity index (χ2v) is 6.06. The number of hydrogen-bond donors (Lipinski definition) is 2. The molecule has 102 valence electrons. The van der Waals surface area contributed by atoms with Gasteiger partial charge in [-0.1, -0.05) is 20.8 Å². The minimum Gasteiger partial charge on any atom is -0.355 e. The lowest BCUT2D eigenvalue weighted by Crippen LogP contribution is -2.49. The van der Waals surface area contributed by atoms with Crippen LogP contribution in [-0.4, -0.2) is 43.0 Å². The number of amides is 1. The highest BCUT2D eigenvalue weighted by Crippen LogP contribution is 2.16. The van der Waals surface area contributed by atoms with Gasteiger partial charge in [-0.25, -0.2) is 0 Å². The van der Waals surface area contributed by atoms with Crippen LogP contribution in [0, 0.1) is 5.41 Å². The first kappa shape index (κ1) is 16.4. The lowest BCUT2D eigenvalue weighted by Gasteiger charge is -2.26. The van der Waals surface area contributed by atoms with Crippen LogP contribution in [0.4, 0.5) is 0 Å². The Morgan fingerprint density at radius 3 is 2.29 bits per heavy atom. The second kappa shape index (κ2) is 6.97. The molecule has 0 aromatic carbocycles. The summed E-state index contributed by atoms with van der Waals surface area (Å²) >= 11 is 0. The smallest absolute Gasteiger partial charge is 0.237 e. The zero-order valence-corrected chi connectivity index (χ0v) is 12.2. The largest absolute Gasteiger partial charge is 0.355 e. The van der Waals surface area contributed by atoms with Crippen LogP contribution in [0.15, 0.2) is 0 Å². The summed E-state index contributed by atoms with van der Waals surface area (Å²) in [7, 11) is 2.09. The van der Waals surface area contributed by atoms with Crippen molar-refractivity contribution < 1.29 is 4.79 Å². The number of nitrogens with one attached hydrogen (secondary N) is 1. The molecule has 4 heteroatoms. The van der Waals surface area contributed by atoms with E-state index in [9.17, 15) is 4.79 Å². The molecular weight excluding hydrogens is 214 g/mol. The number of carbonyl (C=O) groups is 1. The predicted octanol–water partition coefficient (Wildman–Crippen LogP) is 1.21. The molecule has 0 saturated heterocycles. The number of nitrogens with zero attached hydrogens (tertiary/aromatic N) is 1. The van der Waals surface area contributed by atoms with Crippen LogP contribution >= 0.6 is 0 Å². The first-order valence-electron chi connectivity index (χ1n) is 6.39. The number of nitrogens with two attached hydrogens (primary N) is 1. The van der Waals surface area contributed by atoms with E-state index in [1.54, 1.807) is 0 Å². The van der Waals surface area contributed by atoms with Crippen molar-refractivity contribution in [3.8, 4) is 0 Å². The third-order valence-electron chi connectivity index (χ3n) is 3.08. The summed E-state index contributed by atoms with van der Waals surface area (Å²) in [5.41, 5.74) is 5.68. The average Bonchev–Trinajstić information content (AvgIpc) is 2.20. The van der Waals surface area contributed by atoms with Gasteiger partial charge in [0.25, 0.3) is 0 Å². The highest BCUT2D eigenvalue weighted by atomic mass is 16.2. The van der Waals surface area contributed by atoms with Gasteiger partial charge in [-0.2, -0.15) is 0 Å². The third-order valence-corrected chi connectivity index (χ3v) is 3.08. The van der Waals surface area contributed by atoms with E-state index in [0.717, 1.165) is 13.0 Å². The quantitative estimate of drug-likeness (QED) is 0.689. The molecule has 1 atom stereocenters. The maximum absolute atomic E-state index is 11.7. The number of hydrogen-bond acceptors (Lipinski definition) is 3. The zero-order valence-electron chi connectivity index (χ0n) is 12.2. The van der Waals surface area contributed by atoms with Gasteiger partial charge in [-0.15, -0.1) is 0 Å². The summed E-state index contributed by atoms with van der Waals surface area (Å²) in [5.74, 6) is -0.0512. The summed E-state index contributed by atoms with van der Waals surface area (Å²) < 4.78 is 0. The van der Waals surface area contributed by atoms with E-state index in [2.05, 4.69) is 31.1 Å². The highest BCUT2D eigenvalue weighted by Gasteiger charge is 2.26. The molecule has 0 spiro atoms. The maximum atomic E-state index is 11.7. The van der Waals surface area contributed by atoms with Crippen LogP contribution in [0.5, 0.6) is 0 Å². The van der Waals surface area contributed by atoms with Crippen molar-refractivity contribution in [2.24, 2.45) is 11.1 Å². The molecule has 0 unspecified atom stereocenters. The molecule has 0 aliphatic carbocycles. The second-order valence-electron chi connectivity index (χ2n) is 6.06. The van der Waals surface area contributed by atoms with Crippen molar-refractivity contribution in [3.63, 3.8) is 0 Å². The lowest BCUT2D eigenvalue weighted by atomic mass is 9.87. The van der Waals surface area contributed by atoms with Gasteiger partial charge in [0.1, 0.15) is 0 Å². The Morgan fingerprint density at radius 2 is 1.88 bits per heavy atom. The molecule has 0 aromatic rings. The van der Waals surface area contributed by atoms with Crippen LogP contribution < -0.4 is 11.1 Å². The number of rotatable bonds is 6. The monoisotopic (exact) mass is 243 g/mol. The van der Waals surface area contributed by atoms with E-state index in [1.807, 2.05) is 20.8 Å². The molecule has 4 nitrogen and oxygen atoms in total. The molecule has 0 aromatic heterocycles. The lowest BCUT2D eigenvalue weighted by molar-refractivity contribution is -0.124. The predicted molar refractivity (Wildman–Crippen MR) is 72.8 cm³/mol. The average molecular weight is 243 g/mol. The van der Waals surface area contributed by atoms with Crippen LogP contribution in [-0.2, 0) is 4.79 Å². The van der Waals surface area contributed by atoms with Gasteiger partial charge >= 0.3 is 0 Å². The Labute approximate surface area is 106 Å². The molecule has 0 radical (unpaired) electrons. The van der Waals surface area contributed by atoms with Crippen LogP contribution in [0.25, 0.3) is 0 Å². The minimum atomic E-state index is -0.440. The van der Waals surface area contributed by atoms with Gasteiger partial charge in [0.05, 0.1) is 6.04 Å². The molecule has 0 fully saturated rings. The molecule has 0 heterocycles. The topological polar surface area (TPSA) is 58.4 Å². The van der Waals surface area contributed by atoms with Crippen molar-refractivity contribution in [2.45, 2.75) is 53.1 Å². The highest BCUT2D eigenvalue weighted by molar-refractivity contribution is 5.82. The molecule has 3 N–H and O–H groups in total. The summed E-state index contributed by atoms with van der Waals surface area (Å²) in [4.78, 5) is 14.0. The van der Waals surface area contributed by atoms with Crippen LogP contribution in [0.1, 0.15) is 41.0 Å². The summed E-state index contributed by atoms with van der Waals surface area (Å²) in [6, 6.07) is 0.105. The van der Waals surface area contributed by atoms with E-state index in [-0.39, 0.29) is 11.3 Å². The Bertz CT molecular complexity index is 233. The molecule has 0 aliphatic rings. The van der Waals surface area contributed by atoms with Crippen LogP contribution in [0.3, 0.4) is 0 Å². The molecule has 1 amide bonds. The Balaban J connectivity index is 3.80. The Hall–Kier alpha value is -0.610. The summed E-state index contributed by atoms with van der Waals surface area (Å²) in [6.07, 6.45) is 0.956. The third kappa shape index (κ3) is 6.64. The fourth-order valence-corrected chi connectivity index (χ4v) is 1.30. The van der Waals surface area contributed by atoms with Crippen molar-refractivity contribution in [2.75, 3.05) is 20.1 Å². The summed E-state index contributed by atoms with van der Waals surface area (Å²) in [5, 5.41) is 2.89. The fraction of sp³-hybridized carbons (Fsp3) is 0.923. The Kier molecular flexibility index (Phi) is 6.72. The molecule has 0 bridgehead atoms. The van der Waals surface area contributed by atoms with Crippen molar-refractivity contribution >= 4 is 5.91 Å². The fourth-order valence-electron chi connectivity index (χ4n) is 1.30. The maximum Gasteiger partial charge on any atom is 0.237 e. The van der Waals surface area contributed by atoms with Crippen molar-refractivity contribution in [1.82, 2.24) is 10.2 Å². The van der Waals surface area contributed by atoms with Gasteiger partial charge in [0.15, 0.2) is 0 Å².